The molecule has 2 rings (SSSR count). The first-order chi connectivity index (χ1) is 5.38. The second-order valence-electron chi connectivity index (χ2n) is 2.37. The molecule has 0 saturated carbocycles. The van der Waals surface area contributed by atoms with Crippen molar-refractivity contribution in [3.8, 4) is 0 Å². The van der Waals surface area contributed by atoms with Gasteiger partial charge in [0, 0.05) is 19.2 Å². The minimum atomic E-state index is -0.0496. The molecule has 0 spiro atoms. The number of hydrogen-bond donors (Lipinski definition) is 1. The number of rotatable bonds is 1. The Hall–Kier alpha value is -1.45. The summed E-state index contributed by atoms with van der Waals surface area (Å²) in [5.41, 5.74) is 0.819. The molecule has 1 saturated heterocycles. The van der Waals surface area contributed by atoms with E-state index in [0.717, 1.165) is 12.2 Å². The molecule has 0 aromatic carbocycles. The smallest absolute Gasteiger partial charge is 0.322 e. The Bertz CT molecular complexity index is 255. The summed E-state index contributed by atoms with van der Waals surface area (Å²) in [6.07, 6.45) is 3.12. The summed E-state index contributed by atoms with van der Waals surface area (Å²) >= 11 is 0. The van der Waals surface area contributed by atoms with Crippen LogP contribution in [0.5, 0.6) is 0 Å². The van der Waals surface area contributed by atoms with Crippen molar-refractivity contribution >= 4 is 11.7 Å². The lowest BCUT2D eigenvalue weighted by atomic mass is 10.4. The Morgan fingerprint density at radius 3 is 3.09 bits per heavy atom. The van der Waals surface area contributed by atoms with Crippen LogP contribution >= 0.6 is 0 Å². The summed E-state index contributed by atoms with van der Waals surface area (Å²) in [6.45, 7) is 1.43. The molecule has 0 atom stereocenters. The van der Waals surface area contributed by atoms with E-state index in [1.54, 1.807) is 23.5 Å². The van der Waals surface area contributed by atoms with E-state index < -0.39 is 0 Å². The minimum absolute atomic E-state index is 0.0496. The van der Waals surface area contributed by atoms with E-state index in [0.29, 0.717) is 6.54 Å². The van der Waals surface area contributed by atoms with Crippen molar-refractivity contribution in [1.82, 2.24) is 5.32 Å². The van der Waals surface area contributed by atoms with Crippen LogP contribution in [0, 0.1) is 0 Å². The maximum Gasteiger partial charge on any atom is 0.322 e. The first-order valence-electron chi connectivity index (χ1n) is 3.45. The Morgan fingerprint density at radius 1 is 1.64 bits per heavy atom. The summed E-state index contributed by atoms with van der Waals surface area (Å²) in [4.78, 5) is 12.7. The fraction of sp³-hybridized carbons (Fsp3) is 0.286. The van der Waals surface area contributed by atoms with Gasteiger partial charge in [-0.3, -0.25) is 4.90 Å². The fourth-order valence-corrected chi connectivity index (χ4v) is 1.13. The van der Waals surface area contributed by atoms with Crippen molar-refractivity contribution in [3.05, 3.63) is 18.6 Å². The third-order valence-corrected chi connectivity index (χ3v) is 1.67. The van der Waals surface area contributed by atoms with Crippen LogP contribution in [0.25, 0.3) is 0 Å². The van der Waals surface area contributed by atoms with Crippen LogP contribution in [0.3, 0.4) is 0 Å². The molecular weight excluding hydrogens is 144 g/mol. The topological polar surface area (TPSA) is 45.5 Å². The van der Waals surface area contributed by atoms with E-state index in [4.69, 9.17) is 4.42 Å². The molecule has 2 amide bonds. The van der Waals surface area contributed by atoms with E-state index >= 15 is 0 Å². The van der Waals surface area contributed by atoms with Gasteiger partial charge >= 0.3 is 6.03 Å². The molecule has 1 aliphatic rings. The third kappa shape index (κ3) is 0.960. The fourth-order valence-electron chi connectivity index (χ4n) is 1.13. The second kappa shape index (κ2) is 2.30. The highest BCUT2D eigenvalue weighted by Crippen LogP contribution is 2.15. The number of carbonyl (C=O) groups excluding carboxylic acids is 1. The third-order valence-electron chi connectivity index (χ3n) is 1.67. The van der Waals surface area contributed by atoms with E-state index in [2.05, 4.69) is 5.32 Å². The van der Waals surface area contributed by atoms with Crippen LogP contribution in [0.4, 0.5) is 10.5 Å². The van der Waals surface area contributed by atoms with E-state index in [1.807, 2.05) is 0 Å². The number of hydrogen-bond acceptors (Lipinski definition) is 2. The van der Waals surface area contributed by atoms with Gasteiger partial charge < -0.3 is 9.73 Å². The van der Waals surface area contributed by atoms with Gasteiger partial charge in [-0.2, -0.15) is 0 Å². The molecule has 4 nitrogen and oxygen atoms in total. The predicted molar refractivity (Wildman–Crippen MR) is 39.5 cm³/mol. The highest BCUT2D eigenvalue weighted by molar-refractivity contribution is 5.93. The summed E-state index contributed by atoms with van der Waals surface area (Å²) in [5.74, 6) is 0. The number of furan rings is 1. The predicted octanol–water partition coefficient (Wildman–Crippen LogP) is 0.809. The number of urea groups is 1. The first kappa shape index (κ1) is 6.27. The van der Waals surface area contributed by atoms with Crippen LogP contribution in [-0.4, -0.2) is 19.1 Å². The number of amides is 2. The number of carbonyl (C=O) groups is 1. The molecule has 1 aromatic rings. The average Bonchev–Trinajstić information content (AvgIpc) is 2.55. The van der Waals surface area contributed by atoms with Gasteiger partial charge in [-0.1, -0.05) is 0 Å². The molecular formula is C7H8N2O2. The Labute approximate surface area is 63.8 Å². The molecule has 1 fully saturated rings. The summed E-state index contributed by atoms with van der Waals surface area (Å²) < 4.78 is 4.85. The molecule has 58 valence electrons. The van der Waals surface area contributed by atoms with Crippen molar-refractivity contribution in [2.45, 2.75) is 0 Å². The van der Waals surface area contributed by atoms with Crippen LogP contribution in [0.1, 0.15) is 0 Å². The van der Waals surface area contributed by atoms with Gasteiger partial charge in [-0.05, 0) is 0 Å². The van der Waals surface area contributed by atoms with Gasteiger partial charge in [0.15, 0.2) is 0 Å². The SMILES string of the molecule is O=C1NCCN1c1ccoc1. The molecule has 0 radical (unpaired) electrons. The Balaban J connectivity index is 2.23. The van der Waals surface area contributed by atoms with E-state index in [-0.39, 0.29) is 6.03 Å². The lowest BCUT2D eigenvalue weighted by Crippen LogP contribution is -2.27. The zero-order valence-electron chi connectivity index (χ0n) is 5.91. The van der Waals surface area contributed by atoms with E-state index in [9.17, 15) is 4.79 Å². The zero-order valence-corrected chi connectivity index (χ0v) is 5.91. The van der Waals surface area contributed by atoms with Gasteiger partial charge in [0.2, 0.25) is 0 Å². The molecule has 1 N–H and O–H groups in total. The van der Waals surface area contributed by atoms with Crippen molar-refractivity contribution in [2.75, 3.05) is 18.0 Å². The van der Waals surface area contributed by atoms with Crippen LogP contribution in [0.15, 0.2) is 23.0 Å². The molecule has 11 heavy (non-hydrogen) atoms. The quantitative estimate of drug-likeness (QED) is 0.647. The molecule has 1 aromatic heterocycles. The summed E-state index contributed by atoms with van der Waals surface area (Å²) in [6, 6.07) is 1.72. The summed E-state index contributed by atoms with van der Waals surface area (Å²) in [5, 5.41) is 2.70. The second-order valence-corrected chi connectivity index (χ2v) is 2.37. The Kier molecular flexibility index (Phi) is 1.31. The monoisotopic (exact) mass is 152 g/mol. The number of nitrogens with one attached hydrogen (secondary N) is 1. The van der Waals surface area contributed by atoms with Gasteiger partial charge in [0.25, 0.3) is 0 Å². The van der Waals surface area contributed by atoms with Crippen LogP contribution in [-0.2, 0) is 0 Å². The molecule has 0 bridgehead atoms. The summed E-state index contributed by atoms with van der Waals surface area (Å²) in [7, 11) is 0. The van der Waals surface area contributed by atoms with Crippen molar-refractivity contribution < 1.29 is 9.21 Å². The lowest BCUT2D eigenvalue weighted by molar-refractivity contribution is 0.252. The molecule has 1 aliphatic heterocycles. The van der Waals surface area contributed by atoms with Gasteiger partial charge in [-0.15, -0.1) is 0 Å². The van der Waals surface area contributed by atoms with Crippen molar-refractivity contribution in [1.29, 1.82) is 0 Å². The van der Waals surface area contributed by atoms with Gasteiger partial charge in [0.1, 0.15) is 6.26 Å². The maximum atomic E-state index is 11.0. The molecule has 2 heterocycles. The first-order valence-corrected chi connectivity index (χ1v) is 3.45. The zero-order chi connectivity index (χ0) is 7.68. The van der Waals surface area contributed by atoms with Gasteiger partial charge in [0.05, 0.1) is 12.0 Å². The van der Waals surface area contributed by atoms with Crippen molar-refractivity contribution in [2.24, 2.45) is 0 Å². The molecule has 0 aliphatic carbocycles. The maximum absolute atomic E-state index is 11.0. The average molecular weight is 152 g/mol. The Morgan fingerprint density at radius 2 is 2.55 bits per heavy atom. The normalized spacial score (nSPS) is 17.1. The number of nitrogens with zero attached hydrogens (tertiary/aromatic N) is 1. The molecule has 4 heteroatoms. The van der Waals surface area contributed by atoms with Crippen LogP contribution in [0.2, 0.25) is 0 Å². The highest BCUT2D eigenvalue weighted by atomic mass is 16.3. The van der Waals surface area contributed by atoms with Crippen molar-refractivity contribution in [3.63, 3.8) is 0 Å². The number of anilines is 1. The van der Waals surface area contributed by atoms with E-state index in [1.165, 1.54) is 0 Å². The molecule has 0 unspecified atom stereocenters. The minimum Gasteiger partial charge on any atom is -0.470 e. The van der Waals surface area contributed by atoms with Gasteiger partial charge in [-0.25, -0.2) is 4.79 Å². The largest absolute Gasteiger partial charge is 0.470 e. The lowest BCUT2D eigenvalue weighted by Gasteiger charge is -2.09. The standard InChI is InChI=1S/C7H8N2O2/c10-7-8-2-3-9(7)6-1-4-11-5-6/h1,4-5H,2-3H2,(H,8,10). The highest BCUT2D eigenvalue weighted by Gasteiger charge is 2.21. The van der Waals surface area contributed by atoms with Crippen LogP contribution < -0.4 is 10.2 Å².